The number of quaternary nitrogens is 1. The molecule has 0 saturated carbocycles. The summed E-state index contributed by atoms with van der Waals surface area (Å²) in [5.74, 6) is -2.11. The molecule has 0 aromatic carbocycles. The predicted octanol–water partition coefficient (Wildman–Crippen LogP) is 19.7. The predicted molar refractivity (Wildman–Crippen MR) is 336 cm³/mol. The minimum atomic E-state index is -1.53. The lowest BCUT2D eigenvalue weighted by atomic mass is 10.0. The number of rotatable bonds is 59. The van der Waals surface area contributed by atoms with Crippen LogP contribution in [0.3, 0.4) is 0 Å². The molecule has 0 fully saturated rings. The quantitative estimate of drug-likeness (QED) is 0.0211. The maximum atomic E-state index is 12.9. The third-order valence-electron chi connectivity index (χ3n) is 13.8. The van der Waals surface area contributed by atoms with E-state index in [9.17, 15) is 19.5 Å². The van der Waals surface area contributed by atoms with Gasteiger partial charge in [-0.1, -0.05) is 278 Å². The normalized spacial score (nSPS) is 13.4. The second kappa shape index (κ2) is 60.3. The number of carboxylic acids is 1. The summed E-state index contributed by atoms with van der Waals surface area (Å²) in [5.41, 5.74) is 0. The molecule has 0 aliphatic rings. The van der Waals surface area contributed by atoms with Crippen molar-refractivity contribution in [3.05, 3.63) is 97.2 Å². The largest absolute Gasteiger partial charge is 0.477 e. The first-order valence-corrected chi connectivity index (χ1v) is 32.4. The first kappa shape index (κ1) is 75.2. The van der Waals surface area contributed by atoms with Crippen LogP contribution in [0.25, 0.3) is 0 Å². The van der Waals surface area contributed by atoms with Gasteiger partial charge in [-0.2, -0.15) is 0 Å². The smallest absolute Gasteiger partial charge is 0.361 e. The van der Waals surface area contributed by atoms with Crippen LogP contribution in [-0.2, 0) is 33.3 Å². The lowest BCUT2D eigenvalue weighted by Gasteiger charge is -2.25. The van der Waals surface area contributed by atoms with Crippen LogP contribution >= 0.6 is 0 Å². The molecule has 454 valence electrons. The highest BCUT2D eigenvalue weighted by Gasteiger charge is 2.25. The number of hydrogen-bond donors (Lipinski definition) is 1. The minimum Gasteiger partial charge on any atom is -0.477 e. The Balaban J connectivity index is 3.93. The zero-order valence-corrected chi connectivity index (χ0v) is 51.8. The van der Waals surface area contributed by atoms with Crippen molar-refractivity contribution < 1.29 is 42.9 Å². The molecule has 0 aliphatic carbocycles. The zero-order valence-electron chi connectivity index (χ0n) is 51.8. The fraction of sp³-hybridized carbons (Fsp3) is 0.729. The summed E-state index contributed by atoms with van der Waals surface area (Å²) >= 11 is 0. The molecule has 0 saturated heterocycles. The number of allylic oxidation sites excluding steroid dienone is 16. The van der Waals surface area contributed by atoms with Crippen LogP contribution in [0.15, 0.2) is 97.2 Å². The SMILES string of the molecule is CC/C=C\C/C=C\C/C=C\C/C=C\CCCCCCCCCCCCCCCCCCCCCCCCCCCCCCC(=O)OC(COC(=O)CC/C=C\C/C=C\C/C=C\C/C=C\CC)COC(OCC[N+](C)(C)C)C(=O)O. The van der Waals surface area contributed by atoms with Gasteiger partial charge in [0, 0.05) is 12.8 Å². The van der Waals surface area contributed by atoms with Crippen molar-refractivity contribution in [2.45, 2.75) is 283 Å². The van der Waals surface area contributed by atoms with Crippen molar-refractivity contribution in [2.75, 3.05) is 47.5 Å². The maximum Gasteiger partial charge on any atom is 0.361 e. The second-order valence-corrected chi connectivity index (χ2v) is 22.7. The van der Waals surface area contributed by atoms with Gasteiger partial charge in [0.1, 0.15) is 13.2 Å². The molecule has 0 aromatic rings. The summed E-state index contributed by atoms with van der Waals surface area (Å²) in [5, 5.41) is 9.69. The van der Waals surface area contributed by atoms with Crippen molar-refractivity contribution >= 4 is 17.9 Å². The van der Waals surface area contributed by atoms with Crippen LogP contribution in [0.5, 0.6) is 0 Å². The Morgan fingerprint density at radius 2 is 0.709 bits per heavy atom. The highest BCUT2D eigenvalue weighted by atomic mass is 16.7. The number of unbranched alkanes of at least 4 members (excludes halogenated alkanes) is 28. The average molecular weight is 1110 g/mol. The minimum absolute atomic E-state index is 0.175. The van der Waals surface area contributed by atoms with Gasteiger partial charge in [-0.3, -0.25) is 9.59 Å². The number of ether oxygens (including phenoxy) is 4. The van der Waals surface area contributed by atoms with E-state index in [4.69, 9.17) is 18.9 Å². The first-order chi connectivity index (χ1) is 38.6. The second-order valence-electron chi connectivity index (χ2n) is 22.7. The van der Waals surface area contributed by atoms with Crippen LogP contribution < -0.4 is 0 Å². The molecular formula is C70H122NO8+. The highest BCUT2D eigenvalue weighted by Crippen LogP contribution is 2.18. The Morgan fingerprint density at radius 1 is 0.380 bits per heavy atom. The van der Waals surface area contributed by atoms with Crippen LogP contribution in [0.1, 0.15) is 271 Å². The fourth-order valence-electron chi connectivity index (χ4n) is 8.96. The van der Waals surface area contributed by atoms with E-state index < -0.39 is 30.3 Å². The van der Waals surface area contributed by atoms with Gasteiger partial charge in [-0.25, -0.2) is 4.79 Å². The van der Waals surface area contributed by atoms with Gasteiger partial charge in [0.05, 0.1) is 34.4 Å². The molecule has 0 amide bonds. The number of likely N-dealkylation sites (N-methyl/N-ethyl adjacent to an activating group) is 1. The Labute approximate surface area is 486 Å². The van der Waals surface area contributed by atoms with Crippen molar-refractivity contribution in [1.82, 2.24) is 0 Å². The van der Waals surface area contributed by atoms with Crippen molar-refractivity contribution in [3.63, 3.8) is 0 Å². The first-order valence-electron chi connectivity index (χ1n) is 32.4. The number of carboxylic acid groups (broad SMARTS) is 1. The molecule has 79 heavy (non-hydrogen) atoms. The third-order valence-corrected chi connectivity index (χ3v) is 13.8. The zero-order chi connectivity index (χ0) is 57.6. The summed E-state index contributed by atoms with van der Waals surface area (Å²) in [6, 6.07) is 0. The Morgan fingerprint density at radius 3 is 1.06 bits per heavy atom. The summed E-state index contributed by atoms with van der Waals surface area (Å²) in [7, 11) is 5.95. The molecule has 0 spiro atoms. The molecule has 0 radical (unpaired) electrons. The number of carbonyl (C=O) groups excluding carboxylic acids is 2. The molecule has 0 aliphatic heterocycles. The summed E-state index contributed by atoms with van der Waals surface area (Å²) in [6.45, 7) is 4.57. The molecule has 0 bridgehead atoms. The van der Waals surface area contributed by atoms with E-state index in [0.29, 0.717) is 23.9 Å². The summed E-state index contributed by atoms with van der Waals surface area (Å²) in [4.78, 5) is 37.3. The van der Waals surface area contributed by atoms with E-state index in [1.165, 1.54) is 167 Å². The third kappa shape index (κ3) is 61.7. The van der Waals surface area contributed by atoms with Gasteiger partial charge in [0.25, 0.3) is 6.29 Å². The summed E-state index contributed by atoms with van der Waals surface area (Å²) < 4.78 is 22.8. The Hall–Kier alpha value is -3.79. The van der Waals surface area contributed by atoms with Gasteiger partial charge in [0.2, 0.25) is 0 Å². The molecule has 0 heterocycles. The van der Waals surface area contributed by atoms with E-state index in [-0.39, 0.29) is 32.7 Å². The number of hydrogen-bond acceptors (Lipinski definition) is 7. The topological polar surface area (TPSA) is 108 Å². The van der Waals surface area contributed by atoms with Crippen molar-refractivity contribution in [3.8, 4) is 0 Å². The van der Waals surface area contributed by atoms with Crippen molar-refractivity contribution in [2.24, 2.45) is 0 Å². The lowest BCUT2D eigenvalue weighted by Crippen LogP contribution is -2.40. The lowest BCUT2D eigenvalue weighted by molar-refractivity contribution is -0.870. The van der Waals surface area contributed by atoms with Gasteiger partial charge in [-0.05, 0) is 77.0 Å². The number of aliphatic carboxylic acids is 1. The van der Waals surface area contributed by atoms with Crippen molar-refractivity contribution in [1.29, 1.82) is 0 Å². The maximum absolute atomic E-state index is 12.9. The van der Waals surface area contributed by atoms with Gasteiger partial charge < -0.3 is 28.5 Å². The molecule has 9 heteroatoms. The van der Waals surface area contributed by atoms with E-state index in [1.807, 2.05) is 33.3 Å². The highest BCUT2D eigenvalue weighted by molar-refractivity contribution is 5.71. The molecule has 2 atom stereocenters. The van der Waals surface area contributed by atoms with E-state index >= 15 is 0 Å². The molecule has 9 nitrogen and oxygen atoms in total. The van der Waals surface area contributed by atoms with Gasteiger partial charge in [0.15, 0.2) is 6.10 Å². The Kier molecular flexibility index (Phi) is 57.4. The van der Waals surface area contributed by atoms with Crippen LogP contribution in [0, 0.1) is 0 Å². The number of nitrogens with zero attached hydrogens (tertiary/aromatic N) is 1. The van der Waals surface area contributed by atoms with Gasteiger partial charge >= 0.3 is 17.9 Å². The molecule has 1 N–H and O–H groups in total. The van der Waals surface area contributed by atoms with E-state index in [2.05, 4.69) is 98.9 Å². The molecule has 2 unspecified atom stereocenters. The van der Waals surface area contributed by atoms with E-state index in [0.717, 1.165) is 64.2 Å². The van der Waals surface area contributed by atoms with Gasteiger partial charge in [-0.15, -0.1) is 0 Å². The molecular weight excluding hydrogens is 983 g/mol. The molecule has 0 rings (SSSR count). The standard InChI is InChI=1S/C70H121NO8/c1-6-8-10-12-14-16-18-20-21-22-23-24-25-26-27-28-29-30-31-32-33-34-35-36-37-38-39-40-41-42-43-44-45-46-47-49-51-53-55-57-59-61-68(73)79-66(65-78-70(69(74)75)76-63-62-71(3,4)5)64-77-67(72)60-58-56-54-52-50-48-19-17-15-13-11-9-7-2/h8-11,14-17,20-21,23-24,48,50,54,56,66,70H,6-7,12-13,18-19,22,25-47,49,51-53,55,57-65H2,1-5H3/p+1/b10-8-,11-9-,16-14-,17-15-,21-20-,24-23-,50-48-,56-54-. The van der Waals surface area contributed by atoms with Crippen LogP contribution in [-0.4, -0.2) is 87.4 Å². The Bertz CT molecular complexity index is 1620. The molecule has 0 aromatic heterocycles. The average Bonchev–Trinajstić information content (AvgIpc) is 3.42. The number of esters is 2. The summed E-state index contributed by atoms with van der Waals surface area (Å²) in [6.07, 6.45) is 80.0. The monoisotopic (exact) mass is 1100 g/mol. The van der Waals surface area contributed by atoms with Crippen LogP contribution in [0.2, 0.25) is 0 Å². The van der Waals surface area contributed by atoms with E-state index in [1.54, 1.807) is 0 Å². The van der Waals surface area contributed by atoms with Crippen LogP contribution in [0.4, 0.5) is 0 Å². The number of carbonyl (C=O) groups is 3. The fourth-order valence-corrected chi connectivity index (χ4v) is 8.96.